The second kappa shape index (κ2) is 16.6. The lowest BCUT2D eigenvalue weighted by atomic mass is 9.84. The van der Waals surface area contributed by atoms with Crippen molar-refractivity contribution in [1.82, 2.24) is 10.2 Å². The van der Waals surface area contributed by atoms with Gasteiger partial charge in [0.1, 0.15) is 34.7 Å². The summed E-state index contributed by atoms with van der Waals surface area (Å²) >= 11 is 0. The number of anilines is 1. The van der Waals surface area contributed by atoms with Crippen LogP contribution >= 0.6 is 0 Å². The number of benzene rings is 3. The minimum atomic E-state index is -1.40. The summed E-state index contributed by atoms with van der Waals surface area (Å²) in [6.45, 7) is 10.1. The predicted octanol–water partition coefficient (Wildman–Crippen LogP) is 6.70. The van der Waals surface area contributed by atoms with Gasteiger partial charge in [-0.05, 0) is 102 Å². The number of rotatable bonds is 10. The Morgan fingerprint density at radius 2 is 1.39 bits per heavy atom. The molecule has 3 atom stereocenters. The highest BCUT2D eigenvalue weighted by molar-refractivity contribution is 5.98. The number of ether oxygens (including phenoxy) is 3. The van der Waals surface area contributed by atoms with Crippen molar-refractivity contribution in [3.8, 4) is 0 Å². The number of amides is 3. The van der Waals surface area contributed by atoms with Gasteiger partial charge >= 0.3 is 12.2 Å². The predicted molar refractivity (Wildman–Crippen MR) is 185 cm³/mol. The molecule has 0 aliphatic carbocycles. The molecule has 1 aliphatic rings. The van der Waals surface area contributed by atoms with E-state index >= 15 is 4.39 Å². The molecule has 1 fully saturated rings. The maximum Gasteiger partial charge on any atom is 0.410 e. The average molecular weight is 714 g/mol. The molecule has 51 heavy (non-hydrogen) atoms. The smallest absolute Gasteiger partial charge is 0.410 e. The van der Waals surface area contributed by atoms with Crippen molar-refractivity contribution in [2.24, 2.45) is 0 Å². The molecule has 1 unspecified atom stereocenters. The van der Waals surface area contributed by atoms with Crippen LogP contribution in [-0.4, -0.2) is 77.2 Å². The zero-order valence-electron chi connectivity index (χ0n) is 29.7. The molecular weight excluding hydrogens is 667 g/mol. The summed E-state index contributed by atoms with van der Waals surface area (Å²) in [4.78, 5) is 41.7. The molecule has 10 nitrogen and oxygen atoms in total. The Labute approximate surface area is 296 Å². The van der Waals surface area contributed by atoms with E-state index in [1.807, 2.05) is 0 Å². The Hall–Kier alpha value is -4.62. The van der Waals surface area contributed by atoms with Gasteiger partial charge in [-0.25, -0.2) is 22.8 Å². The molecule has 3 N–H and O–H groups in total. The fourth-order valence-electron chi connectivity index (χ4n) is 5.76. The van der Waals surface area contributed by atoms with E-state index in [0.29, 0.717) is 11.1 Å². The lowest BCUT2D eigenvalue weighted by Gasteiger charge is -2.38. The van der Waals surface area contributed by atoms with Crippen LogP contribution in [0.2, 0.25) is 0 Å². The van der Waals surface area contributed by atoms with Gasteiger partial charge in [-0.1, -0.05) is 30.3 Å². The van der Waals surface area contributed by atoms with E-state index in [0.717, 1.165) is 0 Å². The zero-order valence-corrected chi connectivity index (χ0v) is 29.7. The van der Waals surface area contributed by atoms with E-state index in [4.69, 9.17) is 14.2 Å². The first-order chi connectivity index (χ1) is 23.9. The van der Waals surface area contributed by atoms with E-state index in [1.165, 1.54) is 71.6 Å². The van der Waals surface area contributed by atoms with Crippen LogP contribution < -0.4 is 10.6 Å². The van der Waals surface area contributed by atoms with Crippen LogP contribution in [0, 0.1) is 17.5 Å². The van der Waals surface area contributed by atoms with E-state index < -0.39 is 70.9 Å². The quantitative estimate of drug-likeness (QED) is 0.214. The lowest BCUT2D eigenvalue weighted by molar-refractivity contribution is -0.118. The van der Waals surface area contributed by atoms with E-state index in [-0.39, 0.29) is 43.8 Å². The molecule has 1 heterocycles. The van der Waals surface area contributed by atoms with Gasteiger partial charge in [0.15, 0.2) is 0 Å². The average Bonchev–Trinajstić information content (AvgIpc) is 3.04. The van der Waals surface area contributed by atoms with Crippen molar-refractivity contribution in [2.45, 2.75) is 89.8 Å². The highest BCUT2D eigenvalue weighted by Crippen LogP contribution is 2.31. The summed E-state index contributed by atoms with van der Waals surface area (Å²) in [5, 5.41) is 15.2. The monoisotopic (exact) mass is 713 g/mol. The Morgan fingerprint density at radius 3 is 1.92 bits per heavy atom. The molecule has 1 saturated heterocycles. The molecule has 1 aliphatic heterocycles. The first-order valence-electron chi connectivity index (χ1n) is 16.8. The first kappa shape index (κ1) is 39.2. The summed E-state index contributed by atoms with van der Waals surface area (Å²) in [6.07, 6.45) is -2.46. The van der Waals surface area contributed by atoms with Gasteiger partial charge in [0, 0.05) is 17.2 Å². The number of morpholine rings is 1. The Balaban J connectivity index is 1.64. The van der Waals surface area contributed by atoms with E-state index in [1.54, 1.807) is 41.5 Å². The van der Waals surface area contributed by atoms with Crippen LogP contribution in [0.3, 0.4) is 0 Å². The van der Waals surface area contributed by atoms with Crippen LogP contribution in [0.25, 0.3) is 0 Å². The SMILES string of the molecule is CC(C)(C)OC(=O)NC(C(=O)Nc1cccc(F)c1CC[C@@H]1CN(C(=O)OC(C)(C)C)C[C@@H](CO)O1)C(c1ccc(F)cc1)c1ccc(F)cc1. The van der Waals surface area contributed by atoms with Gasteiger partial charge in [0.05, 0.1) is 31.9 Å². The van der Waals surface area contributed by atoms with Crippen LogP contribution in [-0.2, 0) is 25.4 Å². The standard InChI is InChI=1S/C38H46F3N3O7/c1-37(2,3)50-35(47)43-33(32(23-10-14-25(39)15-11-23)24-12-16-26(40)17-13-24)34(46)42-31-9-7-8-30(41)29(31)19-18-27-20-44(21-28(22-45)49-27)36(48)51-38(4,5)6/h7-17,27-28,32-33,45H,18-22H2,1-6H3,(H,42,46)(H,43,47)/t27-,28+,33?/m1/s1. The fourth-order valence-corrected chi connectivity index (χ4v) is 5.76. The van der Waals surface area contributed by atoms with Crippen molar-refractivity contribution in [3.05, 3.63) is 101 Å². The van der Waals surface area contributed by atoms with Crippen molar-refractivity contribution in [1.29, 1.82) is 0 Å². The Bertz CT molecular complexity index is 1610. The van der Waals surface area contributed by atoms with E-state index in [9.17, 15) is 28.3 Å². The highest BCUT2D eigenvalue weighted by Gasteiger charge is 2.36. The summed E-state index contributed by atoms with van der Waals surface area (Å²) in [5.74, 6) is -3.37. The molecule has 3 amide bonds. The van der Waals surface area contributed by atoms with Gasteiger partial charge in [0.25, 0.3) is 0 Å². The molecule has 0 saturated carbocycles. The molecule has 0 aromatic heterocycles. The Morgan fingerprint density at radius 1 is 0.843 bits per heavy atom. The second-order valence-corrected chi connectivity index (χ2v) is 14.4. The van der Waals surface area contributed by atoms with Crippen LogP contribution in [0.1, 0.15) is 70.6 Å². The maximum absolute atomic E-state index is 15.5. The van der Waals surface area contributed by atoms with Crippen molar-refractivity contribution in [2.75, 3.05) is 25.0 Å². The van der Waals surface area contributed by atoms with Gasteiger partial charge < -0.3 is 34.9 Å². The number of aliphatic hydroxyl groups excluding tert-OH is 1. The number of nitrogens with one attached hydrogen (secondary N) is 2. The zero-order chi connectivity index (χ0) is 37.5. The minimum Gasteiger partial charge on any atom is -0.444 e. The van der Waals surface area contributed by atoms with E-state index in [2.05, 4.69) is 10.6 Å². The number of hydrogen-bond donors (Lipinski definition) is 3. The minimum absolute atomic E-state index is 0.0662. The van der Waals surface area contributed by atoms with Crippen LogP contribution in [0.5, 0.6) is 0 Å². The number of hydrogen-bond acceptors (Lipinski definition) is 7. The highest BCUT2D eigenvalue weighted by atomic mass is 19.1. The largest absolute Gasteiger partial charge is 0.444 e. The molecule has 0 radical (unpaired) electrons. The molecule has 13 heteroatoms. The third kappa shape index (κ3) is 11.4. The van der Waals surface area contributed by atoms with Crippen LogP contribution in [0.15, 0.2) is 66.7 Å². The summed E-state index contributed by atoms with van der Waals surface area (Å²) in [5.41, 5.74) is -0.533. The van der Waals surface area contributed by atoms with Crippen molar-refractivity contribution in [3.63, 3.8) is 0 Å². The normalized spacial score (nSPS) is 17.1. The lowest BCUT2D eigenvalue weighted by Crippen LogP contribution is -2.52. The second-order valence-electron chi connectivity index (χ2n) is 14.4. The molecular formula is C38H46F3N3O7. The number of nitrogens with zero attached hydrogens (tertiary/aromatic N) is 1. The molecule has 276 valence electrons. The van der Waals surface area contributed by atoms with Gasteiger partial charge in [-0.3, -0.25) is 4.79 Å². The number of carbonyl (C=O) groups excluding carboxylic acids is 3. The van der Waals surface area contributed by atoms with Gasteiger partial charge in [-0.15, -0.1) is 0 Å². The molecule has 3 aromatic rings. The maximum atomic E-state index is 15.5. The number of aliphatic hydroxyl groups is 1. The van der Waals surface area contributed by atoms with Crippen molar-refractivity contribution < 1.29 is 46.9 Å². The third-order valence-electron chi connectivity index (χ3n) is 7.93. The van der Waals surface area contributed by atoms with Crippen LogP contribution in [0.4, 0.5) is 28.4 Å². The molecule has 4 rings (SSSR count). The topological polar surface area (TPSA) is 126 Å². The number of alkyl carbamates (subject to hydrolysis) is 1. The molecule has 0 spiro atoms. The molecule has 3 aromatic carbocycles. The summed E-state index contributed by atoms with van der Waals surface area (Å²) in [7, 11) is 0. The third-order valence-corrected chi connectivity index (χ3v) is 7.93. The van der Waals surface area contributed by atoms with Gasteiger partial charge in [-0.2, -0.15) is 0 Å². The van der Waals surface area contributed by atoms with Gasteiger partial charge in [0.2, 0.25) is 5.91 Å². The number of carbonyl (C=O) groups is 3. The fraction of sp³-hybridized carbons (Fsp3) is 0.447. The first-order valence-corrected chi connectivity index (χ1v) is 16.8. The Kier molecular flexibility index (Phi) is 12.7. The number of halogens is 3. The summed E-state index contributed by atoms with van der Waals surface area (Å²) in [6, 6.07) is 13.4. The summed E-state index contributed by atoms with van der Waals surface area (Å²) < 4.78 is 60.4. The van der Waals surface area contributed by atoms with Crippen molar-refractivity contribution >= 4 is 23.8 Å². The molecule has 0 bridgehead atoms.